The maximum absolute atomic E-state index is 13.2. The van der Waals surface area contributed by atoms with Gasteiger partial charge >= 0.3 is 0 Å². The number of amides is 2. The summed E-state index contributed by atoms with van der Waals surface area (Å²) >= 11 is 7.43. The highest BCUT2D eigenvalue weighted by atomic mass is 35.5. The van der Waals surface area contributed by atoms with E-state index in [1.165, 1.54) is 11.8 Å². The highest BCUT2D eigenvalue weighted by molar-refractivity contribution is 8.15. The smallest absolute Gasteiger partial charge is 0.238 e. The molecule has 1 unspecified atom stereocenters. The average molecular weight is 478 g/mol. The average Bonchev–Trinajstić information content (AvgIpc) is 2.78. The van der Waals surface area contributed by atoms with E-state index in [9.17, 15) is 9.59 Å². The molecule has 1 aliphatic heterocycles. The quantitative estimate of drug-likeness (QED) is 0.481. The first kappa shape index (κ1) is 23.1. The molecule has 33 heavy (non-hydrogen) atoms. The van der Waals surface area contributed by atoms with Crippen molar-refractivity contribution in [2.45, 2.75) is 32.1 Å². The van der Waals surface area contributed by atoms with Crippen molar-refractivity contribution >= 4 is 51.7 Å². The zero-order valence-electron chi connectivity index (χ0n) is 18.4. The number of nitrogens with one attached hydrogen (secondary N) is 1. The van der Waals surface area contributed by atoms with E-state index in [0.717, 1.165) is 22.4 Å². The Morgan fingerprint density at radius 1 is 1.09 bits per heavy atom. The van der Waals surface area contributed by atoms with Crippen molar-refractivity contribution in [2.75, 3.05) is 5.32 Å². The van der Waals surface area contributed by atoms with Crippen molar-refractivity contribution in [1.29, 1.82) is 0 Å². The second kappa shape index (κ2) is 10.2. The normalized spacial score (nSPS) is 17.3. The number of aliphatic imine (C=N–C) groups is 1. The van der Waals surface area contributed by atoms with Gasteiger partial charge in [-0.3, -0.25) is 14.5 Å². The van der Waals surface area contributed by atoms with Gasteiger partial charge in [0.1, 0.15) is 5.25 Å². The van der Waals surface area contributed by atoms with E-state index in [1.54, 1.807) is 17.0 Å². The van der Waals surface area contributed by atoms with Crippen molar-refractivity contribution < 1.29 is 9.59 Å². The minimum absolute atomic E-state index is 0.100. The lowest BCUT2D eigenvalue weighted by molar-refractivity contribution is -0.129. The lowest BCUT2D eigenvalue weighted by Gasteiger charge is -2.32. The van der Waals surface area contributed by atoms with Crippen LogP contribution in [0.15, 0.2) is 77.8 Å². The molecule has 1 atom stereocenters. The van der Waals surface area contributed by atoms with Crippen LogP contribution in [0, 0.1) is 13.8 Å². The Labute approximate surface area is 202 Å². The molecule has 1 saturated heterocycles. The third-order valence-corrected chi connectivity index (χ3v) is 6.71. The van der Waals surface area contributed by atoms with Gasteiger partial charge in [-0.2, -0.15) is 0 Å². The number of hydrogen-bond acceptors (Lipinski definition) is 4. The number of nitrogens with zero attached hydrogens (tertiary/aromatic N) is 2. The second-order valence-corrected chi connectivity index (χ2v) is 9.56. The molecule has 0 aromatic heterocycles. The number of thioether (sulfide) groups is 1. The molecule has 3 aromatic rings. The summed E-state index contributed by atoms with van der Waals surface area (Å²) in [5, 5.41) is 3.44. The second-order valence-electron chi connectivity index (χ2n) is 7.96. The van der Waals surface area contributed by atoms with Crippen molar-refractivity contribution in [3.63, 3.8) is 0 Å². The third-order valence-electron chi connectivity index (χ3n) is 5.29. The molecule has 0 saturated carbocycles. The molecule has 2 amide bonds. The predicted octanol–water partition coefficient (Wildman–Crippen LogP) is 6.12. The Bertz CT molecular complexity index is 1210. The standard InChI is InChI=1S/C26H24ClN3O2S/c1-17-11-12-22(18(2)13-17)29-25(32)23-15-24(31)30(16-19-7-4-3-5-8-19)26(33-23)28-21-10-6-9-20(27)14-21/h3-14,23H,15-16H2,1-2H3,(H,29,32). The van der Waals surface area contributed by atoms with Gasteiger partial charge in [0, 0.05) is 17.1 Å². The van der Waals surface area contributed by atoms with Gasteiger partial charge < -0.3 is 5.32 Å². The molecule has 7 heteroatoms. The molecular weight excluding hydrogens is 454 g/mol. The first-order valence-corrected chi connectivity index (χ1v) is 11.9. The first-order chi connectivity index (χ1) is 15.9. The number of rotatable bonds is 5. The molecule has 168 valence electrons. The van der Waals surface area contributed by atoms with Crippen LogP contribution in [0.2, 0.25) is 5.02 Å². The highest BCUT2D eigenvalue weighted by Crippen LogP contribution is 2.32. The molecule has 1 aliphatic rings. The molecular formula is C26H24ClN3O2S. The number of carbonyl (C=O) groups excluding carboxylic acids is 2. The fourth-order valence-electron chi connectivity index (χ4n) is 3.59. The summed E-state index contributed by atoms with van der Waals surface area (Å²) in [6.07, 6.45) is 0.100. The van der Waals surface area contributed by atoms with Crippen LogP contribution in [0.1, 0.15) is 23.1 Å². The Morgan fingerprint density at radius 2 is 1.88 bits per heavy atom. The Morgan fingerprint density at radius 3 is 2.61 bits per heavy atom. The van der Waals surface area contributed by atoms with E-state index in [-0.39, 0.29) is 18.2 Å². The van der Waals surface area contributed by atoms with Crippen molar-refractivity contribution in [2.24, 2.45) is 4.99 Å². The summed E-state index contributed by atoms with van der Waals surface area (Å²) in [6, 6.07) is 22.7. The summed E-state index contributed by atoms with van der Waals surface area (Å²) in [6.45, 7) is 4.35. The van der Waals surface area contributed by atoms with Crippen LogP contribution in [0.5, 0.6) is 0 Å². The lowest BCUT2D eigenvalue weighted by atomic mass is 10.1. The number of carbonyl (C=O) groups is 2. The fraction of sp³-hybridized carbons (Fsp3) is 0.192. The summed E-state index contributed by atoms with van der Waals surface area (Å²) < 4.78 is 0. The minimum Gasteiger partial charge on any atom is -0.325 e. The van der Waals surface area contributed by atoms with Gasteiger partial charge in [-0.05, 0) is 49.2 Å². The fourth-order valence-corrected chi connectivity index (χ4v) is 4.87. The maximum Gasteiger partial charge on any atom is 0.238 e. The van der Waals surface area contributed by atoms with Crippen molar-refractivity contribution in [1.82, 2.24) is 4.90 Å². The number of amidine groups is 1. The monoisotopic (exact) mass is 477 g/mol. The number of halogens is 1. The summed E-state index contributed by atoms with van der Waals surface area (Å²) in [7, 11) is 0. The van der Waals surface area contributed by atoms with Crippen LogP contribution in [0.25, 0.3) is 0 Å². The highest BCUT2D eigenvalue weighted by Gasteiger charge is 2.36. The van der Waals surface area contributed by atoms with Crippen LogP contribution in [-0.4, -0.2) is 27.1 Å². The molecule has 3 aromatic carbocycles. The third kappa shape index (κ3) is 5.83. The van der Waals surface area contributed by atoms with E-state index < -0.39 is 5.25 Å². The van der Waals surface area contributed by atoms with Gasteiger partial charge in [0.25, 0.3) is 0 Å². The summed E-state index contributed by atoms with van der Waals surface area (Å²) in [5.41, 5.74) is 4.47. The van der Waals surface area contributed by atoms with Gasteiger partial charge in [0.2, 0.25) is 11.8 Å². The topological polar surface area (TPSA) is 61.8 Å². The molecule has 1 fully saturated rings. The predicted molar refractivity (Wildman–Crippen MR) is 136 cm³/mol. The first-order valence-electron chi connectivity index (χ1n) is 10.6. The molecule has 0 radical (unpaired) electrons. The number of benzene rings is 3. The zero-order chi connectivity index (χ0) is 23.4. The molecule has 5 nitrogen and oxygen atoms in total. The maximum atomic E-state index is 13.2. The van der Waals surface area contributed by atoms with E-state index >= 15 is 0 Å². The van der Waals surface area contributed by atoms with Crippen LogP contribution >= 0.6 is 23.4 Å². The van der Waals surface area contributed by atoms with E-state index in [2.05, 4.69) is 5.32 Å². The summed E-state index contributed by atoms with van der Waals surface area (Å²) in [5.74, 6) is -0.349. The molecule has 0 aliphatic carbocycles. The Kier molecular flexibility index (Phi) is 7.16. The lowest BCUT2D eigenvalue weighted by Crippen LogP contribution is -2.44. The van der Waals surface area contributed by atoms with E-state index in [0.29, 0.717) is 22.4 Å². The van der Waals surface area contributed by atoms with Gasteiger partial charge in [0.15, 0.2) is 5.17 Å². The largest absolute Gasteiger partial charge is 0.325 e. The minimum atomic E-state index is -0.580. The van der Waals surface area contributed by atoms with Crippen LogP contribution in [0.4, 0.5) is 11.4 Å². The molecule has 4 rings (SSSR count). The molecule has 1 N–H and O–H groups in total. The molecule has 1 heterocycles. The van der Waals surface area contributed by atoms with E-state index in [1.807, 2.05) is 74.5 Å². The van der Waals surface area contributed by atoms with Crippen LogP contribution in [-0.2, 0) is 16.1 Å². The SMILES string of the molecule is Cc1ccc(NC(=O)C2CC(=O)N(Cc3ccccc3)C(=Nc3cccc(Cl)c3)S2)c(C)c1. The summed E-state index contributed by atoms with van der Waals surface area (Å²) in [4.78, 5) is 32.6. The number of aryl methyl sites for hydroxylation is 2. The molecule has 0 bridgehead atoms. The number of hydrogen-bond donors (Lipinski definition) is 1. The Balaban J connectivity index is 1.61. The van der Waals surface area contributed by atoms with Crippen LogP contribution < -0.4 is 5.32 Å². The van der Waals surface area contributed by atoms with Crippen molar-refractivity contribution in [3.8, 4) is 0 Å². The van der Waals surface area contributed by atoms with Gasteiger partial charge in [0.05, 0.1) is 12.2 Å². The van der Waals surface area contributed by atoms with Gasteiger partial charge in [-0.15, -0.1) is 0 Å². The Hall–Kier alpha value is -3.09. The van der Waals surface area contributed by atoms with Gasteiger partial charge in [-0.1, -0.05) is 77.5 Å². The van der Waals surface area contributed by atoms with Crippen molar-refractivity contribution in [3.05, 3.63) is 94.5 Å². The number of anilines is 1. The molecule has 0 spiro atoms. The van der Waals surface area contributed by atoms with Crippen LogP contribution in [0.3, 0.4) is 0 Å². The van der Waals surface area contributed by atoms with E-state index in [4.69, 9.17) is 16.6 Å². The zero-order valence-corrected chi connectivity index (χ0v) is 20.0. The van der Waals surface area contributed by atoms with Gasteiger partial charge in [-0.25, -0.2) is 4.99 Å².